The molecule has 2 unspecified atom stereocenters. The first-order chi connectivity index (χ1) is 9.24. The molecule has 3 rings (SSSR count). The molecule has 19 heavy (non-hydrogen) atoms. The van der Waals surface area contributed by atoms with Gasteiger partial charge in [-0.15, -0.1) is 0 Å². The maximum Gasteiger partial charge on any atom is 0.334 e. The van der Waals surface area contributed by atoms with E-state index < -0.39 is 12.1 Å². The minimum Gasteiger partial charge on any atom is -0.493 e. The molecule has 2 aliphatic rings. The number of hydrogen-bond donors (Lipinski definition) is 1. The second-order valence-corrected chi connectivity index (χ2v) is 5.00. The lowest BCUT2D eigenvalue weighted by Crippen LogP contribution is -2.47. The van der Waals surface area contributed by atoms with Crippen molar-refractivity contribution in [2.24, 2.45) is 0 Å². The highest BCUT2D eigenvalue weighted by Gasteiger charge is 2.30. The lowest BCUT2D eigenvalue weighted by Gasteiger charge is -2.32. The minimum absolute atomic E-state index is 0.323. The number of ether oxygens (including phenoxy) is 2. The summed E-state index contributed by atoms with van der Waals surface area (Å²) >= 11 is 0. The van der Waals surface area contributed by atoms with Crippen LogP contribution in [0.5, 0.6) is 5.75 Å². The van der Waals surface area contributed by atoms with Gasteiger partial charge in [0.2, 0.25) is 0 Å². The molecule has 2 aliphatic heterocycles. The molecular weight excluding hydrogens is 246 g/mol. The summed E-state index contributed by atoms with van der Waals surface area (Å²) in [5.74, 6) is 0.395. The fraction of sp³-hybridized carbons (Fsp3) is 0.500. The van der Waals surface area contributed by atoms with Gasteiger partial charge in [-0.3, -0.25) is 4.90 Å². The van der Waals surface area contributed by atoms with Crippen LogP contribution in [0.25, 0.3) is 0 Å². The molecule has 2 heterocycles. The first kappa shape index (κ1) is 12.4. The molecule has 1 aromatic carbocycles. The van der Waals surface area contributed by atoms with Crippen molar-refractivity contribution >= 4 is 5.97 Å². The largest absolute Gasteiger partial charge is 0.493 e. The highest BCUT2D eigenvalue weighted by atomic mass is 16.5. The number of nitrogens with zero attached hydrogens (tertiary/aromatic N) is 1. The van der Waals surface area contributed by atoms with Crippen LogP contribution in [-0.2, 0) is 9.53 Å². The predicted octanol–water partition coefficient (Wildman–Crippen LogP) is 0.948. The highest BCUT2D eigenvalue weighted by Crippen LogP contribution is 2.34. The van der Waals surface area contributed by atoms with Crippen LogP contribution in [0.4, 0.5) is 0 Å². The van der Waals surface area contributed by atoms with Crippen LogP contribution in [0.1, 0.15) is 11.5 Å². The molecule has 5 nitrogen and oxygen atoms in total. The lowest BCUT2D eigenvalue weighted by atomic mass is 10.0. The van der Waals surface area contributed by atoms with E-state index in [0.717, 1.165) is 18.8 Å². The van der Waals surface area contributed by atoms with E-state index in [2.05, 4.69) is 11.0 Å². The number of benzene rings is 1. The van der Waals surface area contributed by atoms with Gasteiger partial charge in [0.25, 0.3) is 0 Å². The molecule has 0 aliphatic carbocycles. The van der Waals surface area contributed by atoms with Gasteiger partial charge in [0.15, 0.2) is 6.10 Å². The van der Waals surface area contributed by atoms with Crippen LogP contribution in [-0.4, -0.2) is 54.9 Å². The van der Waals surface area contributed by atoms with Gasteiger partial charge in [0.1, 0.15) is 5.75 Å². The Morgan fingerprint density at radius 1 is 1.42 bits per heavy atom. The first-order valence-electron chi connectivity index (χ1n) is 6.52. The smallest absolute Gasteiger partial charge is 0.334 e. The van der Waals surface area contributed by atoms with Gasteiger partial charge >= 0.3 is 5.97 Å². The van der Waals surface area contributed by atoms with Crippen molar-refractivity contribution in [3.05, 3.63) is 29.8 Å². The maximum absolute atomic E-state index is 11.0. The Morgan fingerprint density at radius 3 is 3.11 bits per heavy atom. The third-order valence-corrected chi connectivity index (χ3v) is 3.70. The van der Waals surface area contributed by atoms with E-state index in [-0.39, 0.29) is 0 Å². The third-order valence-electron chi connectivity index (χ3n) is 3.70. The van der Waals surface area contributed by atoms with Crippen LogP contribution in [0.3, 0.4) is 0 Å². The van der Waals surface area contributed by atoms with Crippen LogP contribution < -0.4 is 4.74 Å². The molecule has 1 aromatic rings. The number of carbonyl (C=O) groups is 1. The fourth-order valence-corrected chi connectivity index (χ4v) is 2.71. The summed E-state index contributed by atoms with van der Waals surface area (Å²) in [6, 6.07) is 8.05. The van der Waals surface area contributed by atoms with Gasteiger partial charge in [0, 0.05) is 31.1 Å². The Kier molecular flexibility index (Phi) is 3.40. The van der Waals surface area contributed by atoms with E-state index in [9.17, 15) is 4.79 Å². The fourth-order valence-electron chi connectivity index (χ4n) is 2.71. The number of morpholine rings is 1. The average molecular weight is 263 g/mol. The molecule has 1 saturated heterocycles. The van der Waals surface area contributed by atoms with Gasteiger partial charge in [0.05, 0.1) is 13.2 Å². The average Bonchev–Trinajstić information content (AvgIpc) is 2.83. The van der Waals surface area contributed by atoms with Gasteiger partial charge in [-0.25, -0.2) is 4.79 Å². The third kappa shape index (κ3) is 2.57. The summed E-state index contributed by atoms with van der Waals surface area (Å²) in [6.07, 6.45) is -0.702. The Bertz CT molecular complexity index is 476. The monoisotopic (exact) mass is 263 g/mol. The van der Waals surface area contributed by atoms with Crippen LogP contribution in [0.15, 0.2) is 24.3 Å². The summed E-state index contributed by atoms with van der Waals surface area (Å²) in [6.45, 7) is 3.21. The summed E-state index contributed by atoms with van der Waals surface area (Å²) in [5, 5.41) is 9.00. The zero-order valence-electron chi connectivity index (χ0n) is 10.6. The van der Waals surface area contributed by atoms with Crippen LogP contribution in [0, 0.1) is 0 Å². The van der Waals surface area contributed by atoms with Crippen LogP contribution >= 0.6 is 0 Å². The van der Waals surface area contributed by atoms with E-state index in [1.54, 1.807) is 0 Å². The van der Waals surface area contributed by atoms with Crippen molar-refractivity contribution in [1.82, 2.24) is 4.90 Å². The van der Waals surface area contributed by atoms with Crippen molar-refractivity contribution in [3.8, 4) is 5.75 Å². The number of hydrogen-bond acceptors (Lipinski definition) is 4. The van der Waals surface area contributed by atoms with Gasteiger partial charge < -0.3 is 14.6 Å². The second kappa shape index (κ2) is 5.19. The normalized spacial score (nSPS) is 26.7. The molecule has 0 spiro atoms. The van der Waals surface area contributed by atoms with Crippen molar-refractivity contribution in [2.45, 2.75) is 12.0 Å². The molecule has 0 aromatic heterocycles. The summed E-state index contributed by atoms with van der Waals surface area (Å²) in [5.41, 5.74) is 1.22. The molecule has 102 valence electrons. The topological polar surface area (TPSA) is 59.0 Å². The van der Waals surface area contributed by atoms with Gasteiger partial charge in [-0.1, -0.05) is 18.2 Å². The van der Waals surface area contributed by atoms with Crippen molar-refractivity contribution in [2.75, 3.05) is 32.8 Å². The lowest BCUT2D eigenvalue weighted by molar-refractivity contribution is -0.156. The van der Waals surface area contributed by atoms with E-state index >= 15 is 0 Å². The quantitative estimate of drug-likeness (QED) is 0.879. The van der Waals surface area contributed by atoms with Crippen molar-refractivity contribution in [1.29, 1.82) is 0 Å². The van der Waals surface area contributed by atoms with E-state index in [1.807, 2.05) is 18.2 Å². The van der Waals surface area contributed by atoms with Crippen LogP contribution in [0.2, 0.25) is 0 Å². The molecule has 1 fully saturated rings. The van der Waals surface area contributed by atoms with E-state index in [0.29, 0.717) is 25.7 Å². The Labute approximate surface area is 111 Å². The molecule has 0 radical (unpaired) electrons. The summed E-state index contributed by atoms with van der Waals surface area (Å²) < 4.78 is 10.9. The van der Waals surface area contributed by atoms with E-state index in [4.69, 9.17) is 14.6 Å². The number of fused-ring (bicyclic) bond motifs is 1. The Balaban J connectivity index is 1.65. The minimum atomic E-state index is -0.882. The number of carboxylic acid groups (broad SMARTS) is 1. The summed E-state index contributed by atoms with van der Waals surface area (Å²) in [4.78, 5) is 13.1. The molecule has 2 atom stereocenters. The molecule has 0 amide bonds. The maximum atomic E-state index is 11.0. The highest BCUT2D eigenvalue weighted by molar-refractivity contribution is 5.72. The zero-order chi connectivity index (χ0) is 13.2. The molecule has 1 N–H and O–H groups in total. The molecule has 0 saturated carbocycles. The summed E-state index contributed by atoms with van der Waals surface area (Å²) in [7, 11) is 0. The van der Waals surface area contributed by atoms with Crippen molar-refractivity contribution < 1.29 is 19.4 Å². The number of aliphatic carboxylic acids is 1. The number of rotatable bonds is 3. The SMILES string of the molecule is O=C(O)C1CN(CC2COc3ccccc32)CCO1. The zero-order valence-corrected chi connectivity index (χ0v) is 10.6. The molecule has 0 bridgehead atoms. The van der Waals surface area contributed by atoms with Gasteiger partial charge in [-0.2, -0.15) is 0 Å². The number of para-hydroxylation sites is 1. The number of carboxylic acids is 1. The standard InChI is InChI=1S/C14H17NO4/c16-14(17)13-8-15(5-6-18-13)7-10-9-19-12-4-2-1-3-11(10)12/h1-4,10,13H,5-9H2,(H,16,17). The second-order valence-electron chi connectivity index (χ2n) is 5.00. The van der Waals surface area contributed by atoms with E-state index in [1.165, 1.54) is 5.56 Å². The van der Waals surface area contributed by atoms with Gasteiger partial charge in [-0.05, 0) is 6.07 Å². The first-order valence-corrected chi connectivity index (χ1v) is 6.52. The molecule has 5 heteroatoms. The predicted molar refractivity (Wildman–Crippen MR) is 68.5 cm³/mol. The molecular formula is C14H17NO4. The van der Waals surface area contributed by atoms with Crippen molar-refractivity contribution in [3.63, 3.8) is 0 Å². The Hall–Kier alpha value is -1.59. The Morgan fingerprint density at radius 2 is 2.26 bits per heavy atom.